The van der Waals surface area contributed by atoms with E-state index in [1.54, 1.807) is 18.2 Å². The summed E-state index contributed by atoms with van der Waals surface area (Å²) in [5, 5.41) is 6.98. The van der Waals surface area contributed by atoms with Crippen LogP contribution in [-0.2, 0) is 17.7 Å². The van der Waals surface area contributed by atoms with Crippen molar-refractivity contribution in [2.24, 2.45) is 16.8 Å². The Hall–Kier alpha value is -1.80. The number of halogens is 1. The summed E-state index contributed by atoms with van der Waals surface area (Å²) in [6, 6.07) is 15.3. The van der Waals surface area contributed by atoms with Crippen molar-refractivity contribution < 1.29 is 9.47 Å². The average molecular weight is 535 g/mol. The maximum Gasteiger partial charge on any atom is 0.191 e. The minimum atomic E-state index is 0. The first-order valence-electron chi connectivity index (χ1n) is 10.9. The van der Waals surface area contributed by atoms with Crippen LogP contribution in [0, 0.1) is 18.8 Å². The minimum absolute atomic E-state index is 0. The summed E-state index contributed by atoms with van der Waals surface area (Å²) in [5.74, 6) is 4.03. The van der Waals surface area contributed by atoms with Gasteiger partial charge < -0.3 is 20.1 Å². The number of hydrogen-bond donors (Lipinski definition) is 2. The number of hydrogen-bond acceptors (Lipinski definition) is 3. The number of aryl methyl sites for hydroxylation is 1. The van der Waals surface area contributed by atoms with Crippen LogP contribution in [0.5, 0.6) is 5.75 Å². The number of guanidine groups is 1. The van der Waals surface area contributed by atoms with Gasteiger partial charge in [-0.15, -0.1) is 24.0 Å². The lowest BCUT2D eigenvalue weighted by molar-refractivity contribution is 0.171. The van der Waals surface area contributed by atoms with E-state index in [1.165, 1.54) is 12.0 Å². The second-order valence-corrected chi connectivity index (χ2v) is 8.37. The molecule has 3 atom stereocenters. The molecule has 0 aliphatic heterocycles. The molecule has 2 N–H and O–H groups in total. The van der Waals surface area contributed by atoms with Gasteiger partial charge in [-0.1, -0.05) is 36.4 Å². The van der Waals surface area contributed by atoms with E-state index in [-0.39, 0.29) is 24.0 Å². The molecule has 168 valence electrons. The van der Waals surface area contributed by atoms with Crippen LogP contribution in [0.2, 0.25) is 0 Å². The summed E-state index contributed by atoms with van der Waals surface area (Å²) in [6.07, 6.45) is 2.11. The molecule has 0 heterocycles. The first-order valence-corrected chi connectivity index (χ1v) is 10.9. The highest BCUT2D eigenvalue weighted by Gasteiger charge is 2.54. The van der Waals surface area contributed by atoms with Gasteiger partial charge in [0.1, 0.15) is 5.75 Å². The first kappa shape index (κ1) is 23.9. The van der Waals surface area contributed by atoms with Crippen molar-refractivity contribution in [1.29, 1.82) is 0 Å². The SMILES string of the molecule is CN=C(NCc1ccc(C)cc1OCCCOC)NCC1C2Cc3ccccc3C12.I. The Bertz CT molecular complexity index is 902. The van der Waals surface area contributed by atoms with Crippen LogP contribution < -0.4 is 15.4 Å². The van der Waals surface area contributed by atoms with E-state index in [9.17, 15) is 0 Å². The maximum atomic E-state index is 6.00. The van der Waals surface area contributed by atoms with Crippen LogP contribution in [-0.4, -0.2) is 39.9 Å². The van der Waals surface area contributed by atoms with Crippen molar-refractivity contribution in [3.8, 4) is 5.75 Å². The molecule has 1 fully saturated rings. The van der Waals surface area contributed by atoms with Crippen LogP contribution in [0.15, 0.2) is 47.5 Å². The maximum absolute atomic E-state index is 6.00. The summed E-state index contributed by atoms with van der Waals surface area (Å²) >= 11 is 0. The fraction of sp³-hybridized carbons (Fsp3) is 0.480. The first-order chi connectivity index (χ1) is 14.7. The van der Waals surface area contributed by atoms with Crippen LogP contribution in [0.3, 0.4) is 0 Å². The van der Waals surface area contributed by atoms with Gasteiger partial charge in [-0.05, 0) is 53.9 Å². The predicted molar refractivity (Wildman–Crippen MR) is 137 cm³/mol. The Balaban J connectivity index is 0.00000272. The van der Waals surface area contributed by atoms with Gasteiger partial charge in [0.05, 0.1) is 6.61 Å². The van der Waals surface area contributed by atoms with Gasteiger partial charge in [-0.3, -0.25) is 4.99 Å². The van der Waals surface area contributed by atoms with Crippen LogP contribution >= 0.6 is 24.0 Å². The zero-order valence-corrected chi connectivity index (χ0v) is 21.0. The van der Waals surface area contributed by atoms with Crippen molar-refractivity contribution in [1.82, 2.24) is 10.6 Å². The van der Waals surface area contributed by atoms with Crippen LogP contribution in [0.25, 0.3) is 0 Å². The summed E-state index contributed by atoms with van der Waals surface area (Å²) in [6.45, 7) is 5.11. The topological polar surface area (TPSA) is 54.9 Å². The van der Waals surface area contributed by atoms with E-state index >= 15 is 0 Å². The summed E-state index contributed by atoms with van der Waals surface area (Å²) in [5.41, 5.74) is 5.44. The molecule has 0 amide bonds. The number of fused-ring (bicyclic) bond motifs is 3. The Labute approximate surface area is 203 Å². The number of nitrogens with zero attached hydrogens (tertiary/aromatic N) is 1. The van der Waals surface area contributed by atoms with Gasteiger partial charge in [0, 0.05) is 45.8 Å². The molecule has 2 aromatic carbocycles. The fourth-order valence-corrected chi connectivity index (χ4v) is 4.70. The third-order valence-corrected chi connectivity index (χ3v) is 6.35. The third kappa shape index (κ3) is 5.71. The molecule has 0 saturated heterocycles. The smallest absolute Gasteiger partial charge is 0.191 e. The summed E-state index contributed by atoms with van der Waals surface area (Å²) < 4.78 is 11.1. The molecule has 1 saturated carbocycles. The average Bonchev–Trinajstić information content (AvgIpc) is 3.29. The lowest BCUT2D eigenvalue weighted by Crippen LogP contribution is -2.38. The van der Waals surface area contributed by atoms with Gasteiger partial charge in [-0.25, -0.2) is 0 Å². The number of rotatable bonds is 9. The largest absolute Gasteiger partial charge is 0.493 e. The highest BCUT2D eigenvalue weighted by molar-refractivity contribution is 14.0. The molecule has 2 aliphatic carbocycles. The van der Waals surface area contributed by atoms with E-state index < -0.39 is 0 Å². The van der Waals surface area contributed by atoms with E-state index in [0.29, 0.717) is 19.8 Å². The molecule has 0 aromatic heterocycles. The normalized spacial score (nSPS) is 21.0. The number of methoxy groups -OCH3 is 1. The number of benzene rings is 2. The molecule has 31 heavy (non-hydrogen) atoms. The van der Waals surface area contributed by atoms with Gasteiger partial charge in [0.25, 0.3) is 0 Å². The molecule has 5 nitrogen and oxygen atoms in total. The Morgan fingerprint density at radius 2 is 1.97 bits per heavy atom. The van der Waals surface area contributed by atoms with Crippen molar-refractivity contribution in [3.05, 3.63) is 64.7 Å². The van der Waals surface area contributed by atoms with Crippen LogP contribution in [0.1, 0.15) is 34.6 Å². The lowest BCUT2D eigenvalue weighted by atomic mass is 10.0. The fourth-order valence-electron chi connectivity index (χ4n) is 4.70. The molecule has 2 aromatic rings. The molecule has 0 bridgehead atoms. The molecule has 3 unspecified atom stereocenters. The molecule has 4 rings (SSSR count). The second kappa shape index (κ2) is 11.2. The molecule has 0 spiro atoms. The Kier molecular flexibility index (Phi) is 8.60. The van der Waals surface area contributed by atoms with Gasteiger partial charge in [0.15, 0.2) is 5.96 Å². The van der Waals surface area contributed by atoms with E-state index in [1.807, 2.05) is 7.05 Å². The van der Waals surface area contributed by atoms with Crippen LogP contribution in [0.4, 0.5) is 0 Å². The van der Waals surface area contributed by atoms with Crippen molar-refractivity contribution >= 4 is 29.9 Å². The predicted octanol–water partition coefficient (Wildman–Crippen LogP) is 4.28. The molecule has 2 aliphatic rings. The zero-order valence-electron chi connectivity index (χ0n) is 18.7. The molecule has 0 radical (unpaired) electrons. The van der Waals surface area contributed by atoms with Crippen molar-refractivity contribution in [2.45, 2.75) is 32.2 Å². The van der Waals surface area contributed by atoms with Gasteiger partial charge >= 0.3 is 0 Å². The van der Waals surface area contributed by atoms with E-state index in [0.717, 1.165) is 48.0 Å². The Morgan fingerprint density at radius 3 is 2.77 bits per heavy atom. The summed E-state index contributed by atoms with van der Waals surface area (Å²) in [7, 11) is 3.55. The van der Waals surface area contributed by atoms with Crippen molar-refractivity contribution in [2.75, 3.05) is 33.9 Å². The number of ether oxygens (including phenoxy) is 2. The molecule has 6 heteroatoms. The number of nitrogens with one attached hydrogen (secondary N) is 2. The summed E-state index contributed by atoms with van der Waals surface area (Å²) in [4.78, 5) is 4.41. The molecular formula is C25H34IN3O2. The second-order valence-electron chi connectivity index (χ2n) is 8.37. The molecular weight excluding hydrogens is 501 g/mol. The standard InChI is InChI=1S/C25H33N3O2.HI/c1-17-9-10-19(23(13-17)30-12-6-11-29-3)15-27-25(26-2)28-16-22-21-14-18-7-4-5-8-20(18)24(21)22;/h4-5,7-10,13,21-22,24H,6,11-12,14-16H2,1-3H3,(H2,26,27,28);1H. The number of aliphatic imine (C=N–C) groups is 1. The zero-order chi connectivity index (χ0) is 20.9. The van der Waals surface area contributed by atoms with Gasteiger partial charge in [0.2, 0.25) is 0 Å². The lowest BCUT2D eigenvalue weighted by Gasteiger charge is -2.16. The highest BCUT2D eigenvalue weighted by atomic mass is 127. The third-order valence-electron chi connectivity index (χ3n) is 6.35. The highest BCUT2D eigenvalue weighted by Crippen LogP contribution is 2.60. The quantitative estimate of drug-likeness (QED) is 0.218. The Morgan fingerprint density at radius 1 is 1.13 bits per heavy atom. The van der Waals surface area contributed by atoms with E-state index in [4.69, 9.17) is 9.47 Å². The van der Waals surface area contributed by atoms with E-state index in [2.05, 4.69) is 65.0 Å². The van der Waals surface area contributed by atoms with Gasteiger partial charge in [-0.2, -0.15) is 0 Å². The monoisotopic (exact) mass is 535 g/mol. The minimum Gasteiger partial charge on any atom is -0.493 e. The van der Waals surface area contributed by atoms with Crippen molar-refractivity contribution in [3.63, 3.8) is 0 Å².